The standard InChI is InChI=1S/C8H2BrF5N2/c9-6-5(7(10)11)3(1-15)4(2-16-6)8(12,13)14/h2,7H. The van der Waals surface area contributed by atoms with E-state index in [2.05, 4.69) is 20.9 Å². The first-order valence-corrected chi connectivity index (χ1v) is 4.52. The fourth-order valence-electron chi connectivity index (χ4n) is 1.04. The van der Waals surface area contributed by atoms with Crippen molar-refractivity contribution in [3.05, 3.63) is 27.5 Å². The van der Waals surface area contributed by atoms with Crippen LogP contribution in [-0.4, -0.2) is 4.98 Å². The van der Waals surface area contributed by atoms with Gasteiger partial charge in [-0.25, -0.2) is 13.8 Å². The maximum Gasteiger partial charge on any atom is 0.419 e. The molecule has 1 rings (SSSR count). The zero-order valence-electron chi connectivity index (χ0n) is 7.32. The van der Waals surface area contributed by atoms with Gasteiger partial charge in [-0.3, -0.25) is 0 Å². The number of hydrogen-bond acceptors (Lipinski definition) is 2. The first-order valence-electron chi connectivity index (χ1n) is 3.73. The highest BCUT2D eigenvalue weighted by Gasteiger charge is 2.37. The minimum absolute atomic E-state index is 0.342. The van der Waals surface area contributed by atoms with Gasteiger partial charge in [0.05, 0.1) is 16.7 Å². The highest BCUT2D eigenvalue weighted by Crippen LogP contribution is 2.37. The molecule has 0 radical (unpaired) electrons. The Morgan fingerprint density at radius 3 is 2.31 bits per heavy atom. The smallest absolute Gasteiger partial charge is 0.248 e. The van der Waals surface area contributed by atoms with Gasteiger partial charge in [0.15, 0.2) is 0 Å². The summed E-state index contributed by atoms with van der Waals surface area (Å²) in [5, 5.41) is 8.50. The summed E-state index contributed by atoms with van der Waals surface area (Å²) in [5.74, 6) is 0. The minimum Gasteiger partial charge on any atom is -0.248 e. The van der Waals surface area contributed by atoms with Crippen LogP contribution < -0.4 is 0 Å². The summed E-state index contributed by atoms with van der Waals surface area (Å²) in [7, 11) is 0. The SMILES string of the molecule is N#Cc1c(C(F)(F)F)cnc(Br)c1C(F)F. The molecule has 0 aromatic carbocycles. The molecule has 0 N–H and O–H groups in total. The molecule has 0 aliphatic heterocycles. The van der Waals surface area contributed by atoms with Crippen LogP contribution in [0, 0.1) is 11.3 Å². The van der Waals surface area contributed by atoms with Crippen LogP contribution in [0.1, 0.15) is 23.1 Å². The van der Waals surface area contributed by atoms with E-state index in [1.807, 2.05) is 0 Å². The van der Waals surface area contributed by atoms with Crippen molar-refractivity contribution < 1.29 is 22.0 Å². The van der Waals surface area contributed by atoms with Crippen molar-refractivity contribution in [1.29, 1.82) is 5.26 Å². The first-order chi connectivity index (χ1) is 7.29. The monoisotopic (exact) mass is 300 g/mol. The Kier molecular flexibility index (Phi) is 3.48. The number of halogens is 6. The Morgan fingerprint density at radius 2 is 1.94 bits per heavy atom. The van der Waals surface area contributed by atoms with Gasteiger partial charge in [-0.1, -0.05) is 0 Å². The number of nitriles is 1. The third kappa shape index (κ3) is 2.29. The predicted molar refractivity (Wildman–Crippen MR) is 46.6 cm³/mol. The normalized spacial score (nSPS) is 11.6. The van der Waals surface area contributed by atoms with Crippen molar-refractivity contribution in [3.8, 4) is 6.07 Å². The topological polar surface area (TPSA) is 36.7 Å². The molecule has 0 aliphatic carbocycles. The van der Waals surface area contributed by atoms with Gasteiger partial charge in [-0.15, -0.1) is 0 Å². The third-order valence-electron chi connectivity index (χ3n) is 1.70. The van der Waals surface area contributed by atoms with E-state index in [1.165, 1.54) is 0 Å². The highest BCUT2D eigenvalue weighted by atomic mass is 79.9. The van der Waals surface area contributed by atoms with Crippen molar-refractivity contribution in [2.24, 2.45) is 0 Å². The lowest BCUT2D eigenvalue weighted by Gasteiger charge is -2.12. The van der Waals surface area contributed by atoms with Crippen molar-refractivity contribution in [2.75, 3.05) is 0 Å². The second-order valence-corrected chi connectivity index (χ2v) is 3.41. The summed E-state index contributed by atoms with van der Waals surface area (Å²) in [6, 6.07) is 1.12. The number of pyridine rings is 1. The lowest BCUT2D eigenvalue weighted by Crippen LogP contribution is -2.11. The quantitative estimate of drug-likeness (QED) is 0.586. The van der Waals surface area contributed by atoms with Gasteiger partial charge in [-0.05, 0) is 15.9 Å². The van der Waals surface area contributed by atoms with E-state index < -0.39 is 33.9 Å². The molecular weight excluding hydrogens is 299 g/mol. The second kappa shape index (κ2) is 4.33. The molecule has 0 spiro atoms. The summed E-state index contributed by atoms with van der Waals surface area (Å²) < 4.78 is 61.5. The molecule has 0 unspecified atom stereocenters. The maximum absolute atomic E-state index is 12.5. The van der Waals surface area contributed by atoms with E-state index in [1.54, 1.807) is 0 Å². The summed E-state index contributed by atoms with van der Waals surface area (Å²) in [5.41, 5.74) is -3.62. The van der Waals surface area contributed by atoms with E-state index in [9.17, 15) is 22.0 Å². The van der Waals surface area contributed by atoms with E-state index in [0.29, 0.717) is 6.20 Å². The fraction of sp³-hybridized carbons (Fsp3) is 0.250. The largest absolute Gasteiger partial charge is 0.419 e. The Hall–Kier alpha value is -1.23. The van der Waals surface area contributed by atoms with E-state index >= 15 is 0 Å². The average molecular weight is 301 g/mol. The fourth-order valence-corrected chi connectivity index (χ4v) is 1.51. The molecule has 0 fully saturated rings. The van der Waals surface area contributed by atoms with Crippen LogP contribution in [0.25, 0.3) is 0 Å². The van der Waals surface area contributed by atoms with E-state index in [-0.39, 0.29) is 0 Å². The number of hydrogen-bond donors (Lipinski definition) is 0. The molecule has 16 heavy (non-hydrogen) atoms. The predicted octanol–water partition coefficient (Wildman–Crippen LogP) is 3.67. The Labute approximate surface area is 94.8 Å². The number of rotatable bonds is 1. The second-order valence-electron chi connectivity index (χ2n) is 2.66. The van der Waals surface area contributed by atoms with Crippen molar-refractivity contribution in [2.45, 2.75) is 12.6 Å². The lowest BCUT2D eigenvalue weighted by molar-refractivity contribution is -0.138. The van der Waals surface area contributed by atoms with Gasteiger partial charge < -0.3 is 0 Å². The molecule has 1 heterocycles. The minimum atomic E-state index is -4.89. The van der Waals surface area contributed by atoms with Crippen LogP contribution >= 0.6 is 15.9 Å². The summed E-state index contributed by atoms with van der Waals surface area (Å²) >= 11 is 2.58. The van der Waals surface area contributed by atoms with E-state index in [0.717, 1.165) is 6.07 Å². The number of nitrogens with zero attached hydrogens (tertiary/aromatic N) is 2. The van der Waals surface area contributed by atoms with Gasteiger partial charge in [-0.2, -0.15) is 18.4 Å². The molecule has 1 aromatic rings. The van der Waals surface area contributed by atoms with Gasteiger partial charge in [0.1, 0.15) is 10.7 Å². The van der Waals surface area contributed by atoms with Crippen LogP contribution in [0.2, 0.25) is 0 Å². The molecule has 0 saturated carbocycles. The Bertz CT molecular complexity index is 449. The Balaban J connectivity index is 3.58. The van der Waals surface area contributed by atoms with Gasteiger partial charge >= 0.3 is 6.18 Å². The molecule has 1 aromatic heterocycles. The average Bonchev–Trinajstić information content (AvgIpc) is 2.14. The lowest BCUT2D eigenvalue weighted by atomic mass is 10.1. The van der Waals surface area contributed by atoms with Crippen LogP contribution in [0.5, 0.6) is 0 Å². The zero-order valence-corrected chi connectivity index (χ0v) is 8.90. The highest BCUT2D eigenvalue weighted by molar-refractivity contribution is 9.10. The Morgan fingerprint density at radius 1 is 1.38 bits per heavy atom. The molecule has 0 bridgehead atoms. The van der Waals surface area contributed by atoms with Gasteiger partial charge in [0, 0.05) is 6.20 Å². The van der Waals surface area contributed by atoms with Gasteiger partial charge in [0.2, 0.25) is 0 Å². The summed E-state index contributed by atoms with van der Waals surface area (Å²) in [6.45, 7) is 0. The number of alkyl halides is 5. The van der Waals surface area contributed by atoms with Crippen LogP contribution in [0.15, 0.2) is 10.8 Å². The van der Waals surface area contributed by atoms with Crippen LogP contribution in [-0.2, 0) is 6.18 Å². The number of aromatic nitrogens is 1. The maximum atomic E-state index is 12.5. The summed E-state index contributed by atoms with van der Waals surface area (Å²) in [4.78, 5) is 3.14. The molecule has 8 heteroatoms. The third-order valence-corrected chi connectivity index (χ3v) is 2.34. The first kappa shape index (κ1) is 12.8. The van der Waals surface area contributed by atoms with Crippen LogP contribution in [0.3, 0.4) is 0 Å². The van der Waals surface area contributed by atoms with Crippen molar-refractivity contribution in [3.63, 3.8) is 0 Å². The summed E-state index contributed by atoms with van der Waals surface area (Å²) in [6.07, 6.45) is -7.75. The van der Waals surface area contributed by atoms with Crippen LogP contribution in [0.4, 0.5) is 22.0 Å². The van der Waals surface area contributed by atoms with Crippen molar-refractivity contribution in [1.82, 2.24) is 4.98 Å². The van der Waals surface area contributed by atoms with E-state index in [4.69, 9.17) is 5.26 Å². The molecule has 86 valence electrons. The molecule has 0 aliphatic rings. The molecule has 0 amide bonds. The molecule has 2 nitrogen and oxygen atoms in total. The zero-order chi connectivity index (χ0) is 12.5. The molecule has 0 atom stereocenters. The van der Waals surface area contributed by atoms with Gasteiger partial charge in [0.25, 0.3) is 6.43 Å². The molecule has 0 saturated heterocycles. The van der Waals surface area contributed by atoms with Crippen molar-refractivity contribution >= 4 is 15.9 Å². The molecular formula is C8H2BrF5N2.